The Labute approximate surface area is 206 Å². The van der Waals surface area contributed by atoms with Crippen molar-refractivity contribution in [3.8, 4) is 17.4 Å². The van der Waals surface area contributed by atoms with Crippen molar-refractivity contribution in [2.75, 3.05) is 33.0 Å². The van der Waals surface area contributed by atoms with Gasteiger partial charge in [-0.15, -0.1) is 0 Å². The molecule has 0 fully saturated rings. The van der Waals surface area contributed by atoms with Gasteiger partial charge in [0.1, 0.15) is 0 Å². The number of anilines is 1. The van der Waals surface area contributed by atoms with Crippen LogP contribution in [-0.2, 0) is 11.0 Å². The van der Waals surface area contributed by atoms with Crippen LogP contribution in [0.25, 0.3) is 11.3 Å². The Hall–Kier alpha value is -4.10. The van der Waals surface area contributed by atoms with Gasteiger partial charge in [-0.05, 0) is 50.0 Å². The minimum Gasteiger partial charge on any atom is -0.444 e. The van der Waals surface area contributed by atoms with E-state index in [9.17, 15) is 23.2 Å². The summed E-state index contributed by atoms with van der Waals surface area (Å²) in [6.45, 7) is 0.409. The number of nitrogens with zero attached hydrogens (tertiary/aromatic N) is 4. The number of amides is 1. The van der Waals surface area contributed by atoms with E-state index in [1.165, 1.54) is 24.7 Å². The first-order chi connectivity index (χ1) is 17.1. The highest BCUT2D eigenvalue weighted by Gasteiger charge is 2.35. The predicted molar refractivity (Wildman–Crippen MR) is 127 cm³/mol. The van der Waals surface area contributed by atoms with Crippen molar-refractivity contribution in [2.45, 2.75) is 18.6 Å². The minimum absolute atomic E-state index is 0.238. The second-order valence-electron chi connectivity index (χ2n) is 8.72. The van der Waals surface area contributed by atoms with E-state index in [1.54, 1.807) is 30.1 Å². The highest BCUT2D eigenvalue weighted by atomic mass is 19.4. The van der Waals surface area contributed by atoms with Crippen molar-refractivity contribution in [1.29, 1.82) is 5.26 Å². The number of aromatic nitrogens is 1. The maximum Gasteiger partial charge on any atom is 0.416 e. The van der Waals surface area contributed by atoms with Crippen LogP contribution in [0.15, 0.2) is 70.7 Å². The van der Waals surface area contributed by atoms with Crippen LogP contribution in [0.1, 0.15) is 29.2 Å². The zero-order valence-corrected chi connectivity index (χ0v) is 19.9. The fraction of sp³-hybridized carbons (Fsp3) is 0.269. The topological polar surface area (TPSA) is 85.4 Å². The molecule has 10 heteroatoms. The molecule has 1 atom stereocenters. The van der Waals surface area contributed by atoms with Gasteiger partial charge in [-0.25, -0.2) is 4.98 Å². The van der Waals surface area contributed by atoms with Crippen LogP contribution in [0, 0.1) is 11.3 Å². The van der Waals surface area contributed by atoms with E-state index in [0.717, 1.165) is 12.1 Å². The molecule has 0 radical (unpaired) electrons. The van der Waals surface area contributed by atoms with E-state index >= 15 is 0 Å². The van der Waals surface area contributed by atoms with Gasteiger partial charge >= 0.3 is 6.18 Å². The number of hydrogen-bond donors (Lipinski definition) is 1. The summed E-state index contributed by atoms with van der Waals surface area (Å²) < 4.78 is 45.4. The summed E-state index contributed by atoms with van der Waals surface area (Å²) in [6, 6.07) is 11.5. The molecular formula is C26H24F3N5O2. The Morgan fingerprint density at radius 3 is 2.64 bits per heavy atom. The summed E-state index contributed by atoms with van der Waals surface area (Å²) in [4.78, 5) is 20.9. The molecule has 1 unspecified atom stereocenters. The summed E-state index contributed by atoms with van der Waals surface area (Å²) in [5.74, 6) is 0.181. The van der Waals surface area contributed by atoms with E-state index in [2.05, 4.69) is 16.4 Å². The van der Waals surface area contributed by atoms with Crippen LogP contribution >= 0.6 is 0 Å². The minimum atomic E-state index is -4.49. The van der Waals surface area contributed by atoms with E-state index in [0.29, 0.717) is 46.7 Å². The van der Waals surface area contributed by atoms with Gasteiger partial charge in [-0.2, -0.15) is 18.4 Å². The van der Waals surface area contributed by atoms with Gasteiger partial charge in [0.2, 0.25) is 0 Å². The molecule has 0 aliphatic carbocycles. The van der Waals surface area contributed by atoms with Crippen LogP contribution in [-0.4, -0.2) is 48.4 Å². The van der Waals surface area contributed by atoms with E-state index in [1.807, 2.05) is 19.0 Å². The molecule has 1 aromatic heterocycles. The summed E-state index contributed by atoms with van der Waals surface area (Å²) in [7, 11) is 5.31. The summed E-state index contributed by atoms with van der Waals surface area (Å²) in [5, 5.41) is 12.5. The third kappa shape index (κ3) is 4.97. The Balaban J connectivity index is 1.88. The average Bonchev–Trinajstić information content (AvgIpc) is 3.38. The molecule has 186 valence electrons. The third-order valence-electron chi connectivity index (χ3n) is 6.05. The van der Waals surface area contributed by atoms with Gasteiger partial charge in [0.05, 0.1) is 35.0 Å². The number of rotatable bonds is 6. The molecule has 4 rings (SSSR count). The maximum atomic E-state index is 13.5. The third-order valence-corrected chi connectivity index (χ3v) is 6.05. The Morgan fingerprint density at radius 2 is 2.00 bits per heavy atom. The lowest BCUT2D eigenvalue weighted by Crippen LogP contribution is -2.40. The molecule has 36 heavy (non-hydrogen) atoms. The molecule has 0 bridgehead atoms. The number of carbonyl (C=O) groups is 1. The number of likely N-dealkylation sites (N-methyl/N-ethyl adjacent to an activating group) is 2. The zero-order chi connectivity index (χ0) is 26.0. The van der Waals surface area contributed by atoms with Crippen LogP contribution < -0.4 is 5.32 Å². The standard InChI is InChI=1S/C26H24F3N5O2/c1-33(2)24(19-8-7-16(13-30)11-20(19)22-14-31-15-36-22)23-21(9-10-34(3)25(23)35)32-18-6-4-5-17(12-18)26(27,28)29/h4-8,11-12,14-15,24,32H,9-10H2,1-3H3. The number of hydrogen-bond acceptors (Lipinski definition) is 6. The SMILES string of the molecule is CN1CCC(Nc2cccc(C(F)(F)F)c2)=C(C(c2ccc(C#N)cc2-c2cnco2)N(C)C)C1=O. The lowest BCUT2D eigenvalue weighted by molar-refractivity contribution is -0.137. The average molecular weight is 496 g/mol. The number of nitriles is 1. The van der Waals surface area contributed by atoms with Crippen LogP contribution in [0.2, 0.25) is 0 Å². The quantitative estimate of drug-likeness (QED) is 0.514. The Bertz CT molecular complexity index is 1340. The molecule has 2 heterocycles. The molecule has 0 saturated heterocycles. The molecule has 0 saturated carbocycles. The fourth-order valence-corrected chi connectivity index (χ4v) is 4.33. The first-order valence-electron chi connectivity index (χ1n) is 11.1. The summed E-state index contributed by atoms with van der Waals surface area (Å²) in [5.41, 5.74) is 2.09. The van der Waals surface area contributed by atoms with Crippen LogP contribution in [0.3, 0.4) is 0 Å². The van der Waals surface area contributed by atoms with Gasteiger partial charge in [0, 0.05) is 37.0 Å². The molecule has 1 amide bonds. The number of halogens is 3. The highest BCUT2D eigenvalue weighted by Crippen LogP contribution is 2.39. The molecule has 1 N–H and O–H groups in total. The van der Waals surface area contributed by atoms with Crippen molar-refractivity contribution in [3.05, 3.63) is 83.0 Å². The smallest absolute Gasteiger partial charge is 0.416 e. The number of benzene rings is 2. The van der Waals surface area contributed by atoms with Crippen molar-refractivity contribution in [3.63, 3.8) is 0 Å². The Morgan fingerprint density at radius 1 is 1.22 bits per heavy atom. The van der Waals surface area contributed by atoms with Crippen LogP contribution in [0.5, 0.6) is 0 Å². The number of alkyl halides is 3. The largest absolute Gasteiger partial charge is 0.444 e. The van der Waals surface area contributed by atoms with Gasteiger partial charge in [-0.1, -0.05) is 12.1 Å². The zero-order valence-electron chi connectivity index (χ0n) is 19.9. The van der Waals surface area contributed by atoms with Crippen molar-refractivity contribution >= 4 is 11.6 Å². The molecule has 1 aliphatic rings. The van der Waals surface area contributed by atoms with Crippen molar-refractivity contribution in [1.82, 2.24) is 14.8 Å². The number of carbonyl (C=O) groups excluding carboxylic acids is 1. The predicted octanol–water partition coefficient (Wildman–Crippen LogP) is 5.06. The van der Waals surface area contributed by atoms with Gasteiger partial charge in [0.15, 0.2) is 12.2 Å². The van der Waals surface area contributed by atoms with Crippen LogP contribution in [0.4, 0.5) is 18.9 Å². The molecule has 7 nitrogen and oxygen atoms in total. The van der Waals surface area contributed by atoms with Gasteiger partial charge in [-0.3, -0.25) is 9.69 Å². The van der Waals surface area contributed by atoms with E-state index in [4.69, 9.17) is 4.42 Å². The number of oxazole rings is 1. The second-order valence-corrected chi connectivity index (χ2v) is 8.72. The van der Waals surface area contributed by atoms with E-state index in [-0.39, 0.29) is 11.6 Å². The molecule has 1 aliphatic heterocycles. The first kappa shape index (κ1) is 25.0. The molecule has 3 aromatic rings. The normalized spacial score (nSPS) is 15.3. The lowest BCUT2D eigenvalue weighted by Gasteiger charge is -2.36. The molecule has 2 aromatic carbocycles. The lowest BCUT2D eigenvalue weighted by atomic mass is 9.87. The summed E-state index contributed by atoms with van der Waals surface area (Å²) in [6.07, 6.45) is -1.26. The molecular weight excluding hydrogens is 471 g/mol. The maximum absolute atomic E-state index is 13.5. The Kier molecular flexibility index (Phi) is 6.86. The number of nitrogens with one attached hydrogen (secondary N) is 1. The first-order valence-corrected chi connectivity index (χ1v) is 11.1. The van der Waals surface area contributed by atoms with E-state index < -0.39 is 17.8 Å². The molecule has 0 spiro atoms. The fourth-order valence-electron chi connectivity index (χ4n) is 4.33. The van der Waals surface area contributed by atoms with Gasteiger partial charge < -0.3 is 14.6 Å². The summed E-state index contributed by atoms with van der Waals surface area (Å²) >= 11 is 0. The van der Waals surface area contributed by atoms with Crippen molar-refractivity contribution in [2.24, 2.45) is 0 Å². The monoisotopic (exact) mass is 495 g/mol. The van der Waals surface area contributed by atoms with Gasteiger partial charge in [0.25, 0.3) is 5.91 Å². The second kappa shape index (κ2) is 9.87. The van der Waals surface area contributed by atoms with Crippen molar-refractivity contribution < 1.29 is 22.4 Å². The highest BCUT2D eigenvalue weighted by molar-refractivity contribution is 5.97.